The third kappa shape index (κ3) is 5.27. The van der Waals surface area contributed by atoms with Gasteiger partial charge in [0.1, 0.15) is 5.41 Å². The minimum atomic E-state index is -1.01. The largest absolute Gasteiger partial charge is 0.481 e. The van der Waals surface area contributed by atoms with E-state index in [9.17, 15) is 15.2 Å². The Bertz CT molecular complexity index is 597. The molecule has 1 aromatic heterocycles. The SMILES string of the molecule is CC(C)N(CCC(C#N)(CC(C)(C)C(=O)O)c1ccccn1)C(C)C. The maximum Gasteiger partial charge on any atom is 0.309 e. The van der Waals surface area contributed by atoms with Crippen LogP contribution in [0.3, 0.4) is 0 Å². The van der Waals surface area contributed by atoms with Gasteiger partial charge in [0, 0.05) is 24.8 Å². The topological polar surface area (TPSA) is 77.2 Å². The van der Waals surface area contributed by atoms with Gasteiger partial charge in [0.2, 0.25) is 0 Å². The molecule has 0 saturated heterocycles. The number of carboxylic acids is 1. The Balaban J connectivity index is 3.24. The van der Waals surface area contributed by atoms with E-state index in [1.165, 1.54) is 0 Å². The highest BCUT2D eigenvalue weighted by atomic mass is 16.4. The number of carboxylic acid groups (broad SMARTS) is 1. The molecule has 0 aliphatic rings. The van der Waals surface area contributed by atoms with Crippen LogP contribution in [0.5, 0.6) is 0 Å². The monoisotopic (exact) mass is 345 g/mol. The maximum atomic E-state index is 11.7. The van der Waals surface area contributed by atoms with Crippen molar-refractivity contribution < 1.29 is 9.90 Å². The van der Waals surface area contributed by atoms with Crippen LogP contribution in [0.15, 0.2) is 24.4 Å². The number of carbonyl (C=O) groups is 1. The van der Waals surface area contributed by atoms with Crippen LogP contribution >= 0.6 is 0 Å². The summed E-state index contributed by atoms with van der Waals surface area (Å²) in [4.78, 5) is 18.4. The average Bonchev–Trinajstić information content (AvgIpc) is 2.53. The van der Waals surface area contributed by atoms with E-state index >= 15 is 0 Å². The van der Waals surface area contributed by atoms with Gasteiger partial charge in [-0.05, 0) is 66.5 Å². The van der Waals surface area contributed by atoms with E-state index < -0.39 is 16.8 Å². The van der Waals surface area contributed by atoms with Crippen LogP contribution in [-0.2, 0) is 10.2 Å². The lowest BCUT2D eigenvalue weighted by molar-refractivity contribution is -0.148. The lowest BCUT2D eigenvalue weighted by atomic mass is 9.69. The number of aromatic nitrogens is 1. The van der Waals surface area contributed by atoms with Crippen molar-refractivity contribution in [3.63, 3.8) is 0 Å². The molecule has 1 unspecified atom stereocenters. The van der Waals surface area contributed by atoms with Gasteiger partial charge in [-0.3, -0.25) is 14.7 Å². The molecule has 1 N–H and O–H groups in total. The van der Waals surface area contributed by atoms with E-state index in [0.29, 0.717) is 24.2 Å². The van der Waals surface area contributed by atoms with Gasteiger partial charge in [-0.15, -0.1) is 0 Å². The third-order valence-electron chi connectivity index (χ3n) is 4.82. The Kier molecular flexibility index (Phi) is 7.13. The molecule has 1 rings (SSSR count). The normalized spacial score (nSPS) is 14.6. The fourth-order valence-corrected chi connectivity index (χ4v) is 3.37. The first kappa shape index (κ1) is 21.1. The zero-order valence-corrected chi connectivity index (χ0v) is 16.3. The Labute approximate surface area is 151 Å². The van der Waals surface area contributed by atoms with Crippen LogP contribution in [-0.4, -0.2) is 39.6 Å². The van der Waals surface area contributed by atoms with Crippen LogP contribution in [0.25, 0.3) is 0 Å². The van der Waals surface area contributed by atoms with Gasteiger partial charge < -0.3 is 5.11 Å². The molecule has 138 valence electrons. The molecule has 0 spiro atoms. The minimum Gasteiger partial charge on any atom is -0.481 e. The molecule has 5 heteroatoms. The summed E-state index contributed by atoms with van der Waals surface area (Å²) >= 11 is 0. The Morgan fingerprint density at radius 1 is 1.28 bits per heavy atom. The minimum absolute atomic E-state index is 0.229. The van der Waals surface area contributed by atoms with Gasteiger partial charge >= 0.3 is 5.97 Å². The van der Waals surface area contributed by atoms with Crippen molar-refractivity contribution in [3.8, 4) is 6.07 Å². The second kappa shape index (κ2) is 8.44. The van der Waals surface area contributed by atoms with E-state index in [-0.39, 0.29) is 6.42 Å². The van der Waals surface area contributed by atoms with E-state index in [2.05, 4.69) is 43.6 Å². The number of nitrogens with zero attached hydrogens (tertiary/aromatic N) is 3. The second-order valence-corrected chi connectivity index (χ2v) is 7.95. The Morgan fingerprint density at radius 2 is 1.88 bits per heavy atom. The molecule has 1 atom stereocenters. The first-order valence-corrected chi connectivity index (χ1v) is 8.87. The predicted octanol–water partition coefficient (Wildman–Crippen LogP) is 3.85. The molecule has 0 saturated carbocycles. The van der Waals surface area contributed by atoms with Crippen molar-refractivity contribution >= 4 is 5.97 Å². The molecule has 0 radical (unpaired) electrons. The van der Waals surface area contributed by atoms with Gasteiger partial charge in [0.15, 0.2) is 0 Å². The fourth-order valence-electron chi connectivity index (χ4n) is 3.37. The Hall–Kier alpha value is -1.93. The maximum absolute atomic E-state index is 11.7. The summed E-state index contributed by atoms with van der Waals surface area (Å²) in [6.07, 6.45) is 2.44. The van der Waals surface area contributed by atoms with E-state index in [1.807, 2.05) is 18.2 Å². The van der Waals surface area contributed by atoms with Crippen LogP contribution < -0.4 is 0 Å². The molecule has 0 aliphatic carbocycles. The number of hydrogen-bond donors (Lipinski definition) is 1. The van der Waals surface area contributed by atoms with Gasteiger partial charge in [-0.1, -0.05) is 6.07 Å². The van der Waals surface area contributed by atoms with Crippen LogP contribution in [0.2, 0.25) is 0 Å². The fraction of sp³-hybridized carbons (Fsp3) is 0.650. The summed E-state index contributed by atoms with van der Waals surface area (Å²) in [6.45, 7) is 12.6. The highest BCUT2D eigenvalue weighted by Gasteiger charge is 2.43. The second-order valence-electron chi connectivity index (χ2n) is 7.95. The lowest BCUT2D eigenvalue weighted by Gasteiger charge is -2.37. The van der Waals surface area contributed by atoms with Crippen molar-refractivity contribution in [1.82, 2.24) is 9.88 Å². The van der Waals surface area contributed by atoms with Crippen molar-refractivity contribution in [2.75, 3.05) is 6.54 Å². The van der Waals surface area contributed by atoms with Crippen molar-refractivity contribution in [3.05, 3.63) is 30.1 Å². The first-order valence-electron chi connectivity index (χ1n) is 8.87. The molecule has 1 heterocycles. The smallest absolute Gasteiger partial charge is 0.309 e. The van der Waals surface area contributed by atoms with Crippen molar-refractivity contribution in [2.24, 2.45) is 5.41 Å². The lowest BCUT2D eigenvalue weighted by Crippen LogP contribution is -2.43. The van der Waals surface area contributed by atoms with Gasteiger partial charge in [0.05, 0.1) is 17.2 Å². The summed E-state index contributed by atoms with van der Waals surface area (Å²) < 4.78 is 0. The number of hydrogen-bond acceptors (Lipinski definition) is 4. The average molecular weight is 345 g/mol. The number of rotatable bonds is 9. The molecule has 5 nitrogen and oxygen atoms in total. The van der Waals surface area contributed by atoms with Crippen molar-refractivity contribution in [2.45, 2.75) is 71.9 Å². The predicted molar refractivity (Wildman–Crippen MR) is 99.2 cm³/mol. The first-order chi connectivity index (χ1) is 11.6. The molecule has 1 aromatic rings. The molecular formula is C20H31N3O2. The van der Waals surface area contributed by atoms with Crippen LogP contribution in [0.1, 0.15) is 60.1 Å². The quantitative estimate of drug-likeness (QED) is 0.735. The zero-order valence-electron chi connectivity index (χ0n) is 16.3. The van der Waals surface area contributed by atoms with Crippen LogP contribution in [0, 0.1) is 16.7 Å². The summed E-state index contributed by atoms with van der Waals surface area (Å²) in [6, 6.07) is 8.62. The summed E-state index contributed by atoms with van der Waals surface area (Å²) in [7, 11) is 0. The molecular weight excluding hydrogens is 314 g/mol. The zero-order chi connectivity index (χ0) is 19.3. The van der Waals surface area contributed by atoms with E-state index in [4.69, 9.17) is 0 Å². The highest BCUT2D eigenvalue weighted by molar-refractivity contribution is 5.74. The standard InChI is InChI=1S/C20H31N3O2/c1-15(2)23(16(3)4)12-10-20(14-21,13-19(5,6)18(24)25)17-9-7-8-11-22-17/h7-9,11,15-16H,10,12-13H2,1-6H3,(H,24,25). The number of aliphatic carboxylic acids is 1. The molecule has 0 bridgehead atoms. The van der Waals surface area contributed by atoms with E-state index in [1.54, 1.807) is 20.0 Å². The Morgan fingerprint density at radius 3 is 2.28 bits per heavy atom. The molecule has 0 aliphatic heterocycles. The van der Waals surface area contributed by atoms with Gasteiger partial charge in [-0.2, -0.15) is 5.26 Å². The third-order valence-corrected chi connectivity index (χ3v) is 4.82. The van der Waals surface area contributed by atoms with Gasteiger partial charge in [0.25, 0.3) is 0 Å². The van der Waals surface area contributed by atoms with Gasteiger partial charge in [-0.25, -0.2) is 0 Å². The number of nitriles is 1. The molecule has 0 amide bonds. The number of pyridine rings is 1. The molecule has 25 heavy (non-hydrogen) atoms. The summed E-state index contributed by atoms with van der Waals surface area (Å²) in [5, 5.41) is 19.6. The molecule has 0 aromatic carbocycles. The van der Waals surface area contributed by atoms with E-state index in [0.717, 1.165) is 6.54 Å². The van der Waals surface area contributed by atoms with Crippen LogP contribution in [0.4, 0.5) is 0 Å². The summed E-state index contributed by atoms with van der Waals surface area (Å²) in [5.41, 5.74) is -1.28. The highest BCUT2D eigenvalue weighted by Crippen LogP contribution is 2.39. The molecule has 0 fully saturated rings. The summed E-state index contributed by atoms with van der Waals surface area (Å²) in [5.74, 6) is -0.896. The van der Waals surface area contributed by atoms with Crippen molar-refractivity contribution in [1.29, 1.82) is 5.26 Å².